The number of nitrogens with zero attached hydrogens (tertiary/aromatic N) is 2. The Hall–Kier alpha value is -3.19. The van der Waals surface area contributed by atoms with Crippen molar-refractivity contribution < 1.29 is 9.59 Å². The van der Waals surface area contributed by atoms with Gasteiger partial charge in [-0.25, -0.2) is 4.68 Å². The molecule has 28 heavy (non-hydrogen) atoms. The van der Waals surface area contributed by atoms with Gasteiger partial charge in [0.05, 0.1) is 17.2 Å². The van der Waals surface area contributed by atoms with Gasteiger partial charge in [-0.15, -0.1) is 0 Å². The van der Waals surface area contributed by atoms with E-state index in [9.17, 15) is 9.59 Å². The SMILES string of the molecule is NC(=O)c1cccc2cn(-c3ccc(CNC(=O)C4CCCNC4)cc3)nc12. The van der Waals surface area contributed by atoms with E-state index in [1.165, 1.54) is 0 Å². The summed E-state index contributed by atoms with van der Waals surface area (Å²) in [5, 5.41) is 11.6. The Morgan fingerprint density at radius 1 is 1.21 bits per heavy atom. The number of rotatable bonds is 5. The highest BCUT2D eigenvalue weighted by atomic mass is 16.2. The number of piperidine rings is 1. The molecule has 1 saturated heterocycles. The van der Waals surface area contributed by atoms with Crippen molar-refractivity contribution >= 4 is 22.7 Å². The number of amides is 2. The largest absolute Gasteiger partial charge is 0.366 e. The van der Waals surface area contributed by atoms with Crippen molar-refractivity contribution in [3.63, 3.8) is 0 Å². The van der Waals surface area contributed by atoms with E-state index in [1.54, 1.807) is 16.8 Å². The van der Waals surface area contributed by atoms with E-state index in [4.69, 9.17) is 5.73 Å². The first kappa shape index (κ1) is 18.2. The molecule has 1 aliphatic heterocycles. The Labute approximate surface area is 162 Å². The molecule has 0 spiro atoms. The molecule has 7 nitrogen and oxygen atoms in total. The molecule has 1 atom stereocenters. The average molecular weight is 377 g/mol. The summed E-state index contributed by atoms with van der Waals surface area (Å²) >= 11 is 0. The maximum absolute atomic E-state index is 12.2. The van der Waals surface area contributed by atoms with Gasteiger partial charge in [-0.3, -0.25) is 9.59 Å². The highest BCUT2D eigenvalue weighted by molar-refractivity contribution is 6.04. The molecular formula is C21H23N5O2. The molecular weight excluding hydrogens is 354 g/mol. The van der Waals surface area contributed by atoms with Crippen molar-refractivity contribution in [2.45, 2.75) is 19.4 Å². The zero-order valence-electron chi connectivity index (χ0n) is 15.5. The highest BCUT2D eigenvalue weighted by Gasteiger charge is 2.20. The monoisotopic (exact) mass is 377 g/mol. The lowest BCUT2D eigenvalue weighted by Crippen LogP contribution is -2.40. The summed E-state index contributed by atoms with van der Waals surface area (Å²) < 4.78 is 1.73. The van der Waals surface area contributed by atoms with E-state index in [-0.39, 0.29) is 11.8 Å². The van der Waals surface area contributed by atoms with Gasteiger partial charge in [0.15, 0.2) is 0 Å². The summed E-state index contributed by atoms with van der Waals surface area (Å²) in [6, 6.07) is 13.2. The van der Waals surface area contributed by atoms with Crippen molar-refractivity contribution in [3.05, 3.63) is 59.8 Å². The predicted molar refractivity (Wildman–Crippen MR) is 107 cm³/mol. The Morgan fingerprint density at radius 2 is 2.04 bits per heavy atom. The third-order valence-electron chi connectivity index (χ3n) is 5.14. The van der Waals surface area contributed by atoms with Crippen LogP contribution in [0.15, 0.2) is 48.7 Å². The molecule has 0 bridgehead atoms. The summed E-state index contributed by atoms with van der Waals surface area (Å²) in [4.78, 5) is 23.8. The number of aromatic nitrogens is 2. The normalized spacial score (nSPS) is 16.8. The minimum absolute atomic E-state index is 0.0592. The predicted octanol–water partition coefficient (Wildman–Crippen LogP) is 1.74. The molecule has 1 fully saturated rings. The summed E-state index contributed by atoms with van der Waals surface area (Å²) in [6.07, 6.45) is 3.86. The number of carbonyl (C=O) groups excluding carboxylic acids is 2. The van der Waals surface area contributed by atoms with Crippen molar-refractivity contribution in [1.29, 1.82) is 0 Å². The minimum atomic E-state index is -0.491. The van der Waals surface area contributed by atoms with Crippen molar-refractivity contribution in [2.24, 2.45) is 11.7 Å². The van der Waals surface area contributed by atoms with Gasteiger partial charge in [0.2, 0.25) is 5.91 Å². The molecule has 1 aliphatic rings. The van der Waals surface area contributed by atoms with Gasteiger partial charge in [-0.05, 0) is 43.1 Å². The van der Waals surface area contributed by atoms with Gasteiger partial charge < -0.3 is 16.4 Å². The first-order valence-electron chi connectivity index (χ1n) is 9.48. The molecule has 0 saturated carbocycles. The second kappa shape index (κ2) is 7.82. The first-order chi connectivity index (χ1) is 13.6. The second-order valence-electron chi connectivity index (χ2n) is 7.11. The summed E-state index contributed by atoms with van der Waals surface area (Å²) in [6.45, 7) is 2.25. The molecule has 1 aromatic heterocycles. The van der Waals surface area contributed by atoms with Crippen LogP contribution in [0.5, 0.6) is 0 Å². The Balaban J connectivity index is 1.46. The van der Waals surface area contributed by atoms with Crippen LogP contribution in [0.25, 0.3) is 16.6 Å². The standard InChI is InChI=1S/C21H23N5O2/c22-20(27)18-5-1-3-16-13-26(25-19(16)18)17-8-6-14(7-9-17)11-24-21(28)15-4-2-10-23-12-15/h1,3,5-9,13,15,23H,2,4,10-12H2,(H2,22,27)(H,24,28). The molecule has 4 rings (SSSR count). The van der Waals surface area contributed by atoms with E-state index >= 15 is 0 Å². The lowest BCUT2D eigenvalue weighted by molar-refractivity contribution is -0.125. The highest BCUT2D eigenvalue weighted by Crippen LogP contribution is 2.19. The molecule has 3 aromatic rings. The van der Waals surface area contributed by atoms with E-state index in [0.717, 1.165) is 42.6 Å². The third-order valence-corrected chi connectivity index (χ3v) is 5.14. The van der Waals surface area contributed by atoms with Crippen molar-refractivity contribution in [1.82, 2.24) is 20.4 Å². The lowest BCUT2D eigenvalue weighted by Gasteiger charge is -2.21. The molecule has 2 amide bonds. The van der Waals surface area contributed by atoms with Gasteiger partial charge in [-0.2, -0.15) is 5.10 Å². The van der Waals surface area contributed by atoms with Crippen LogP contribution in [-0.4, -0.2) is 34.7 Å². The number of benzene rings is 2. The molecule has 0 radical (unpaired) electrons. The van der Waals surface area contributed by atoms with Crippen LogP contribution in [0.3, 0.4) is 0 Å². The van der Waals surface area contributed by atoms with Gasteiger partial charge in [-0.1, -0.05) is 24.3 Å². The molecule has 4 N–H and O–H groups in total. The summed E-state index contributed by atoms with van der Waals surface area (Å²) in [5.41, 5.74) is 8.33. The van der Waals surface area contributed by atoms with Crippen LogP contribution in [0.1, 0.15) is 28.8 Å². The number of carbonyl (C=O) groups is 2. The number of nitrogens with one attached hydrogen (secondary N) is 2. The Bertz CT molecular complexity index is 1000. The molecule has 1 unspecified atom stereocenters. The number of fused-ring (bicyclic) bond motifs is 1. The Kier molecular flexibility index (Phi) is 5.08. The fourth-order valence-corrected chi connectivity index (χ4v) is 3.55. The fourth-order valence-electron chi connectivity index (χ4n) is 3.55. The van der Waals surface area contributed by atoms with E-state index in [0.29, 0.717) is 17.6 Å². The van der Waals surface area contributed by atoms with Crippen LogP contribution in [-0.2, 0) is 11.3 Å². The minimum Gasteiger partial charge on any atom is -0.366 e. The first-order valence-corrected chi connectivity index (χ1v) is 9.48. The van der Waals surface area contributed by atoms with Crippen molar-refractivity contribution in [2.75, 3.05) is 13.1 Å². The average Bonchev–Trinajstić information content (AvgIpc) is 3.17. The zero-order chi connectivity index (χ0) is 19.5. The second-order valence-corrected chi connectivity index (χ2v) is 7.11. The van der Waals surface area contributed by atoms with Crippen LogP contribution in [0.2, 0.25) is 0 Å². The molecule has 2 aromatic carbocycles. The number of nitrogens with two attached hydrogens (primary N) is 1. The lowest BCUT2D eigenvalue weighted by atomic mass is 9.99. The van der Waals surface area contributed by atoms with Gasteiger partial charge in [0.1, 0.15) is 5.52 Å². The maximum atomic E-state index is 12.2. The van der Waals surface area contributed by atoms with Crippen LogP contribution in [0, 0.1) is 5.92 Å². The number of hydrogen-bond acceptors (Lipinski definition) is 4. The van der Waals surface area contributed by atoms with Crippen LogP contribution < -0.4 is 16.4 Å². The van der Waals surface area contributed by atoms with Crippen LogP contribution >= 0.6 is 0 Å². The van der Waals surface area contributed by atoms with E-state index in [2.05, 4.69) is 15.7 Å². The van der Waals surface area contributed by atoms with E-state index in [1.807, 2.05) is 36.5 Å². The van der Waals surface area contributed by atoms with Gasteiger partial charge in [0, 0.05) is 24.7 Å². The van der Waals surface area contributed by atoms with Gasteiger partial charge >= 0.3 is 0 Å². The topological polar surface area (TPSA) is 102 Å². The fraction of sp³-hybridized carbons (Fsp3) is 0.286. The number of hydrogen-bond donors (Lipinski definition) is 3. The van der Waals surface area contributed by atoms with Crippen LogP contribution in [0.4, 0.5) is 0 Å². The maximum Gasteiger partial charge on any atom is 0.250 e. The molecule has 7 heteroatoms. The molecule has 2 heterocycles. The number of primary amides is 1. The Morgan fingerprint density at radius 3 is 2.75 bits per heavy atom. The van der Waals surface area contributed by atoms with Gasteiger partial charge in [0.25, 0.3) is 5.91 Å². The molecule has 144 valence electrons. The quantitative estimate of drug-likeness (QED) is 0.630. The summed E-state index contributed by atoms with van der Waals surface area (Å²) in [5.74, 6) is -0.326. The smallest absolute Gasteiger partial charge is 0.250 e. The molecule has 0 aliphatic carbocycles. The van der Waals surface area contributed by atoms with Crippen molar-refractivity contribution in [3.8, 4) is 5.69 Å². The summed E-state index contributed by atoms with van der Waals surface area (Å²) in [7, 11) is 0. The van der Waals surface area contributed by atoms with E-state index < -0.39 is 5.91 Å². The zero-order valence-corrected chi connectivity index (χ0v) is 15.5. The third kappa shape index (κ3) is 3.75.